The van der Waals surface area contributed by atoms with E-state index in [9.17, 15) is 4.79 Å². The molecule has 0 saturated carbocycles. The van der Waals surface area contributed by atoms with Gasteiger partial charge in [0.2, 0.25) is 6.23 Å². The Morgan fingerprint density at radius 3 is 2.33 bits per heavy atom. The molecule has 0 saturated heterocycles. The number of hydrogen-bond acceptors (Lipinski definition) is 7. The summed E-state index contributed by atoms with van der Waals surface area (Å²) in [6.45, 7) is 10.5. The number of unbranched alkanes of at least 4 members (excludes halogenated alkanes) is 9. The Balaban J connectivity index is 2.02. The third-order valence-electron chi connectivity index (χ3n) is 6.88. The highest BCUT2D eigenvalue weighted by Crippen LogP contribution is 2.33. The molecule has 0 fully saturated rings. The van der Waals surface area contributed by atoms with Crippen molar-refractivity contribution in [2.45, 2.75) is 123 Å². The van der Waals surface area contributed by atoms with Crippen LogP contribution in [0.4, 0.5) is 4.79 Å². The summed E-state index contributed by atoms with van der Waals surface area (Å²) in [5, 5.41) is 0. The molecule has 1 aromatic heterocycles. The summed E-state index contributed by atoms with van der Waals surface area (Å²) >= 11 is 1.20. The summed E-state index contributed by atoms with van der Waals surface area (Å²) in [6.07, 6.45) is 16.2. The van der Waals surface area contributed by atoms with Crippen LogP contribution in [0.5, 0.6) is 5.88 Å². The van der Waals surface area contributed by atoms with Gasteiger partial charge >= 0.3 is 6.16 Å². The molecule has 0 aliphatic carbocycles. The topological polar surface area (TPSA) is 70.5 Å². The van der Waals surface area contributed by atoms with Crippen molar-refractivity contribution in [2.75, 3.05) is 26.7 Å². The standard InChI is InChI=1S/C28H50N3O4S/c1-6-8-10-12-13-14-15-19-25(35-28(32)34-23(3)4)31(5)20-17-18-24(22-31)26-27(30-36-29-26)33-21-16-11-9-7-2/h18,23,25H,6-17,19-22H2,1-5H3/q+1. The van der Waals surface area contributed by atoms with Crippen molar-refractivity contribution in [1.82, 2.24) is 8.75 Å². The summed E-state index contributed by atoms with van der Waals surface area (Å²) in [5.74, 6) is 0.639. The maximum atomic E-state index is 12.5. The van der Waals surface area contributed by atoms with Gasteiger partial charge in [0.1, 0.15) is 12.2 Å². The lowest BCUT2D eigenvalue weighted by Gasteiger charge is -2.42. The Kier molecular flexibility index (Phi) is 14.4. The molecular weight excluding hydrogens is 474 g/mol. The number of nitrogens with zero attached hydrogens (tertiary/aromatic N) is 3. The van der Waals surface area contributed by atoms with Crippen LogP contribution < -0.4 is 4.74 Å². The second kappa shape index (κ2) is 17.0. The molecule has 8 heteroatoms. The minimum Gasteiger partial charge on any atom is -0.475 e. The van der Waals surface area contributed by atoms with Gasteiger partial charge in [0.15, 0.2) is 0 Å². The Morgan fingerprint density at radius 1 is 0.972 bits per heavy atom. The van der Waals surface area contributed by atoms with Gasteiger partial charge in [0.25, 0.3) is 5.88 Å². The third kappa shape index (κ3) is 10.8. The number of carbonyl (C=O) groups excluding carboxylic acids is 1. The Morgan fingerprint density at radius 2 is 1.64 bits per heavy atom. The molecule has 7 nitrogen and oxygen atoms in total. The van der Waals surface area contributed by atoms with E-state index in [1.807, 2.05) is 13.8 Å². The van der Waals surface area contributed by atoms with Gasteiger partial charge in [0, 0.05) is 18.4 Å². The zero-order chi connectivity index (χ0) is 26.2. The highest BCUT2D eigenvalue weighted by atomic mass is 32.1. The molecule has 2 rings (SSSR count). The van der Waals surface area contributed by atoms with E-state index >= 15 is 0 Å². The molecule has 1 aromatic rings. The SMILES string of the molecule is CCCCCCCCCC(OC(=O)OC(C)C)[N+]1(C)CCC=C(c2nsnc2OCCCCCC)C1. The highest BCUT2D eigenvalue weighted by Gasteiger charge is 2.39. The first-order valence-electron chi connectivity index (χ1n) is 14.3. The fourth-order valence-electron chi connectivity index (χ4n) is 4.76. The van der Waals surface area contributed by atoms with Gasteiger partial charge in [-0.2, -0.15) is 4.37 Å². The van der Waals surface area contributed by atoms with Crippen LogP contribution in [0.1, 0.15) is 117 Å². The minimum atomic E-state index is -0.570. The van der Waals surface area contributed by atoms with Gasteiger partial charge in [-0.15, -0.1) is 4.37 Å². The molecule has 2 heterocycles. The molecule has 36 heavy (non-hydrogen) atoms. The van der Waals surface area contributed by atoms with E-state index in [1.165, 1.54) is 63.1 Å². The van der Waals surface area contributed by atoms with E-state index < -0.39 is 6.16 Å². The van der Waals surface area contributed by atoms with E-state index in [0.717, 1.165) is 56.5 Å². The van der Waals surface area contributed by atoms with Gasteiger partial charge in [-0.25, -0.2) is 4.79 Å². The molecule has 0 radical (unpaired) electrons. The lowest BCUT2D eigenvalue weighted by atomic mass is 10.0. The molecule has 1 aliphatic heterocycles. The summed E-state index contributed by atoms with van der Waals surface area (Å²) in [6, 6.07) is 0. The molecule has 0 amide bonds. The van der Waals surface area contributed by atoms with Crippen molar-refractivity contribution in [2.24, 2.45) is 0 Å². The van der Waals surface area contributed by atoms with Gasteiger partial charge < -0.3 is 14.2 Å². The molecule has 0 bridgehead atoms. The van der Waals surface area contributed by atoms with Crippen LogP contribution in [0, 0.1) is 0 Å². The van der Waals surface area contributed by atoms with Crippen molar-refractivity contribution in [3.8, 4) is 5.88 Å². The zero-order valence-electron chi connectivity index (χ0n) is 23.4. The molecular formula is C28H50N3O4S+. The summed E-state index contributed by atoms with van der Waals surface area (Å²) in [5.41, 5.74) is 1.98. The molecule has 1 aliphatic rings. The van der Waals surface area contributed by atoms with E-state index in [-0.39, 0.29) is 12.3 Å². The average molecular weight is 525 g/mol. The van der Waals surface area contributed by atoms with E-state index in [0.29, 0.717) is 17.0 Å². The predicted octanol–water partition coefficient (Wildman–Crippen LogP) is 7.76. The normalized spacial score (nSPS) is 18.7. The van der Waals surface area contributed by atoms with Crippen LogP contribution in [0.25, 0.3) is 5.57 Å². The lowest BCUT2D eigenvalue weighted by molar-refractivity contribution is -0.947. The average Bonchev–Trinajstić information content (AvgIpc) is 3.31. The number of likely N-dealkylation sites (N-methyl/N-ethyl adjacent to an activating group) is 1. The van der Waals surface area contributed by atoms with Crippen molar-refractivity contribution >= 4 is 23.5 Å². The predicted molar refractivity (Wildman–Crippen MR) is 147 cm³/mol. The largest absolute Gasteiger partial charge is 0.513 e. The van der Waals surface area contributed by atoms with Crippen LogP contribution in [0.15, 0.2) is 6.08 Å². The van der Waals surface area contributed by atoms with Gasteiger partial charge in [-0.3, -0.25) is 4.48 Å². The van der Waals surface area contributed by atoms with E-state index in [4.69, 9.17) is 14.2 Å². The fraction of sp³-hybridized carbons (Fsp3) is 0.821. The van der Waals surface area contributed by atoms with Crippen LogP contribution in [0.3, 0.4) is 0 Å². The Hall–Kier alpha value is -1.67. The number of hydrogen-bond donors (Lipinski definition) is 0. The lowest BCUT2D eigenvalue weighted by Crippen LogP contribution is -2.56. The second-order valence-electron chi connectivity index (χ2n) is 10.6. The maximum absolute atomic E-state index is 12.5. The minimum absolute atomic E-state index is 0.197. The number of carbonyl (C=O) groups is 1. The summed E-state index contributed by atoms with van der Waals surface area (Å²) in [7, 11) is 2.19. The monoisotopic (exact) mass is 524 g/mol. The van der Waals surface area contributed by atoms with Crippen molar-refractivity contribution in [1.29, 1.82) is 0 Å². The first-order chi connectivity index (χ1) is 17.4. The van der Waals surface area contributed by atoms with Crippen molar-refractivity contribution in [3.05, 3.63) is 11.8 Å². The Labute approximate surface area is 223 Å². The van der Waals surface area contributed by atoms with E-state index in [2.05, 4.69) is 35.7 Å². The second-order valence-corrected chi connectivity index (χ2v) is 11.1. The third-order valence-corrected chi connectivity index (χ3v) is 7.39. The number of quaternary nitrogens is 1. The van der Waals surface area contributed by atoms with Crippen LogP contribution in [0.2, 0.25) is 0 Å². The molecule has 2 unspecified atom stereocenters. The first-order valence-corrected chi connectivity index (χ1v) is 15.0. The van der Waals surface area contributed by atoms with E-state index in [1.54, 1.807) is 0 Å². The molecule has 206 valence electrons. The zero-order valence-corrected chi connectivity index (χ0v) is 24.2. The highest BCUT2D eigenvalue weighted by molar-refractivity contribution is 6.99. The van der Waals surface area contributed by atoms with Crippen LogP contribution in [-0.4, -0.2) is 58.5 Å². The van der Waals surface area contributed by atoms with Crippen molar-refractivity contribution in [3.63, 3.8) is 0 Å². The quantitative estimate of drug-likeness (QED) is 0.111. The summed E-state index contributed by atoms with van der Waals surface area (Å²) in [4.78, 5) is 12.5. The molecule has 0 N–H and O–H groups in total. The number of rotatable bonds is 18. The molecule has 2 atom stereocenters. The van der Waals surface area contributed by atoms with Gasteiger partial charge in [0.05, 0.1) is 38.0 Å². The fourth-order valence-corrected chi connectivity index (χ4v) is 5.29. The summed E-state index contributed by atoms with van der Waals surface area (Å²) < 4.78 is 27.0. The smallest absolute Gasteiger partial charge is 0.475 e. The number of aromatic nitrogens is 2. The van der Waals surface area contributed by atoms with Gasteiger partial charge in [-0.05, 0) is 26.7 Å². The van der Waals surface area contributed by atoms with Crippen LogP contribution in [-0.2, 0) is 9.47 Å². The Bertz CT molecular complexity index is 783. The first kappa shape index (κ1) is 30.6. The van der Waals surface area contributed by atoms with Crippen molar-refractivity contribution < 1.29 is 23.5 Å². The maximum Gasteiger partial charge on any atom is 0.513 e. The molecule has 0 spiro atoms. The van der Waals surface area contributed by atoms with Gasteiger partial charge in [-0.1, -0.05) is 77.7 Å². The number of ether oxygens (including phenoxy) is 3. The van der Waals surface area contributed by atoms with Crippen LogP contribution >= 0.6 is 11.7 Å². The molecule has 0 aromatic carbocycles.